The summed E-state index contributed by atoms with van der Waals surface area (Å²) in [6, 6.07) is 20.5. The molecule has 0 spiro atoms. The molecule has 1 atom stereocenters. The standard InChI is InChI=1S/C18H23NO2/c1-18(14-19,21-13-12-20)17(15-8-4-2-5-9-15)16-10-6-3-7-11-16/h2-11,17,20H,12-14,19H2,1H3. The van der Waals surface area contributed by atoms with Crippen molar-refractivity contribution in [2.75, 3.05) is 19.8 Å². The molecule has 0 saturated heterocycles. The molecule has 21 heavy (non-hydrogen) atoms. The molecule has 0 radical (unpaired) electrons. The molecular weight excluding hydrogens is 262 g/mol. The number of benzene rings is 2. The van der Waals surface area contributed by atoms with E-state index in [1.807, 2.05) is 43.3 Å². The van der Waals surface area contributed by atoms with Crippen molar-refractivity contribution in [2.45, 2.75) is 18.4 Å². The topological polar surface area (TPSA) is 55.5 Å². The van der Waals surface area contributed by atoms with Crippen LogP contribution in [0.25, 0.3) is 0 Å². The lowest BCUT2D eigenvalue weighted by Gasteiger charge is -2.37. The molecular formula is C18H23NO2. The lowest BCUT2D eigenvalue weighted by molar-refractivity contribution is -0.0497. The first-order chi connectivity index (χ1) is 10.2. The van der Waals surface area contributed by atoms with Crippen LogP contribution in [0, 0.1) is 0 Å². The van der Waals surface area contributed by atoms with Crippen molar-refractivity contribution in [1.29, 1.82) is 0 Å². The SMILES string of the molecule is CC(CN)(OCCO)C(c1ccccc1)c1ccccc1. The zero-order valence-corrected chi connectivity index (χ0v) is 12.4. The highest BCUT2D eigenvalue weighted by Crippen LogP contribution is 2.36. The van der Waals surface area contributed by atoms with Gasteiger partial charge in [-0.1, -0.05) is 60.7 Å². The fourth-order valence-corrected chi connectivity index (χ4v) is 2.73. The quantitative estimate of drug-likeness (QED) is 0.822. The summed E-state index contributed by atoms with van der Waals surface area (Å²) in [5.41, 5.74) is 7.78. The average molecular weight is 285 g/mol. The van der Waals surface area contributed by atoms with Gasteiger partial charge < -0.3 is 15.6 Å². The van der Waals surface area contributed by atoms with Gasteiger partial charge >= 0.3 is 0 Å². The predicted octanol–water partition coefficient (Wildman–Crippen LogP) is 2.54. The summed E-state index contributed by atoms with van der Waals surface area (Å²) >= 11 is 0. The van der Waals surface area contributed by atoms with Crippen LogP contribution in [0.2, 0.25) is 0 Å². The van der Waals surface area contributed by atoms with Crippen molar-refractivity contribution in [3.63, 3.8) is 0 Å². The third-order valence-electron chi connectivity index (χ3n) is 3.80. The Bertz CT molecular complexity index is 490. The third kappa shape index (κ3) is 3.70. The molecule has 3 N–H and O–H groups in total. The summed E-state index contributed by atoms with van der Waals surface area (Å²) < 4.78 is 5.92. The second-order valence-corrected chi connectivity index (χ2v) is 5.34. The van der Waals surface area contributed by atoms with Gasteiger partial charge in [0.1, 0.15) is 0 Å². The molecule has 3 nitrogen and oxygen atoms in total. The monoisotopic (exact) mass is 285 g/mol. The number of hydrogen-bond donors (Lipinski definition) is 2. The van der Waals surface area contributed by atoms with E-state index in [4.69, 9.17) is 15.6 Å². The van der Waals surface area contributed by atoms with Crippen LogP contribution in [-0.4, -0.2) is 30.5 Å². The van der Waals surface area contributed by atoms with Gasteiger partial charge in [0.05, 0.1) is 18.8 Å². The molecule has 0 aliphatic heterocycles. The molecule has 0 saturated carbocycles. The smallest absolute Gasteiger partial charge is 0.0885 e. The van der Waals surface area contributed by atoms with E-state index in [9.17, 15) is 0 Å². The largest absolute Gasteiger partial charge is 0.394 e. The van der Waals surface area contributed by atoms with E-state index in [1.54, 1.807) is 0 Å². The van der Waals surface area contributed by atoms with Crippen LogP contribution in [0.4, 0.5) is 0 Å². The van der Waals surface area contributed by atoms with Crippen LogP contribution in [0.15, 0.2) is 60.7 Å². The highest BCUT2D eigenvalue weighted by atomic mass is 16.5. The summed E-state index contributed by atoms with van der Waals surface area (Å²) in [4.78, 5) is 0. The molecule has 0 amide bonds. The van der Waals surface area contributed by atoms with E-state index < -0.39 is 5.60 Å². The van der Waals surface area contributed by atoms with Crippen molar-refractivity contribution in [2.24, 2.45) is 5.73 Å². The lowest BCUT2D eigenvalue weighted by atomic mass is 9.78. The minimum absolute atomic E-state index is 0.00805. The Morgan fingerprint density at radius 3 is 1.86 bits per heavy atom. The first-order valence-corrected chi connectivity index (χ1v) is 7.26. The van der Waals surface area contributed by atoms with Crippen molar-refractivity contribution in [3.8, 4) is 0 Å². The third-order valence-corrected chi connectivity index (χ3v) is 3.80. The number of aliphatic hydroxyl groups excluding tert-OH is 1. The van der Waals surface area contributed by atoms with Gasteiger partial charge in [0, 0.05) is 12.5 Å². The molecule has 0 aromatic heterocycles. The van der Waals surface area contributed by atoms with Gasteiger partial charge in [-0.3, -0.25) is 0 Å². The Kier molecular flexibility index (Phi) is 5.51. The fourth-order valence-electron chi connectivity index (χ4n) is 2.73. The minimum Gasteiger partial charge on any atom is -0.394 e. The van der Waals surface area contributed by atoms with Gasteiger partial charge in [-0.2, -0.15) is 0 Å². The van der Waals surface area contributed by atoms with E-state index in [-0.39, 0.29) is 19.1 Å². The second kappa shape index (κ2) is 7.36. The Hall–Kier alpha value is -1.68. The molecule has 1 unspecified atom stereocenters. The number of hydrogen-bond acceptors (Lipinski definition) is 3. The summed E-state index contributed by atoms with van der Waals surface area (Å²) in [5.74, 6) is 0.0245. The van der Waals surface area contributed by atoms with Gasteiger partial charge in [-0.15, -0.1) is 0 Å². The molecule has 0 heterocycles. The second-order valence-electron chi connectivity index (χ2n) is 5.34. The number of nitrogens with two attached hydrogens (primary N) is 1. The van der Waals surface area contributed by atoms with Gasteiger partial charge in [-0.25, -0.2) is 0 Å². The summed E-state index contributed by atoms with van der Waals surface area (Å²) in [5, 5.41) is 9.08. The van der Waals surface area contributed by atoms with Gasteiger partial charge in [-0.05, 0) is 18.1 Å². The molecule has 0 aliphatic carbocycles. The fraction of sp³-hybridized carbons (Fsp3) is 0.333. The van der Waals surface area contributed by atoms with Gasteiger partial charge in [0.15, 0.2) is 0 Å². The number of aliphatic hydroxyl groups is 1. The molecule has 0 aliphatic rings. The first-order valence-electron chi connectivity index (χ1n) is 7.26. The lowest BCUT2D eigenvalue weighted by Crippen LogP contribution is -2.44. The Morgan fingerprint density at radius 1 is 1.00 bits per heavy atom. The highest BCUT2D eigenvalue weighted by molar-refractivity contribution is 5.36. The molecule has 112 valence electrons. The maximum atomic E-state index is 9.08. The number of ether oxygens (including phenoxy) is 1. The van der Waals surface area contributed by atoms with E-state index in [0.29, 0.717) is 6.54 Å². The van der Waals surface area contributed by atoms with Crippen LogP contribution in [0.3, 0.4) is 0 Å². The minimum atomic E-state index is -0.564. The average Bonchev–Trinajstić information content (AvgIpc) is 2.55. The van der Waals surface area contributed by atoms with Crippen molar-refractivity contribution >= 4 is 0 Å². The van der Waals surface area contributed by atoms with Crippen LogP contribution in [0.1, 0.15) is 24.0 Å². The normalized spacial score (nSPS) is 14.1. The molecule has 2 rings (SSSR count). The van der Waals surface area contributed by atoms with E-state index >= 15 is 0 Å². The molecule has 0 bridgehead atoms. The van der Waals surface area contributed by atoms with E-state index in [0.717, 1.165) is 11.1 Å². The van der Waals surface area contributed by atoms with E-state index in [2.05, 4.69) is 24.3 Å². The molecule has 2 aromatic rings. The Balaban J connectivity index is 2.45. The maximum absolute atomic E-state index is 9.08. The van der Waals surface area contributed by atoms with Crippen LogP contribution in [0.5, 0.6) is 0 Å². The van der Waals surface area contributed by atoms with E-state index in [1.165, 1.54) is 0 Å². The molecule has 3 heteroatoms. The van der Waals surface area contributed by atoms with Crippen molar-refractivity contribution < 1.29 is 9.84 Å². The zero-order chi connectivity index (χ0) is 15.1. The zero-order valence-electron chi connectivity index (χ0n) is 12.4. The number of rotatable bonds is 7. The van der Waals surface area contributed by atoms with Crippen LogP contribution in [-0.2, 0) is 4.74 Å². The predicted molar refractivity (Wildman–Crippen MR) is 85.2 cm³/mol. The highest BCUT2D eigenvalue weighted by Gasteiger charge is 2.36. The van der Waals surface area contributed by atoms with Crippen molar-refractivity contribution in [3.05, 3.63) is 71.8 Å². The van der Waals surface area contributed by atoms with Crippen molar-refractivity contribution in [1.82, 2.24) is 0 Å². The summed E-state index contributed by atoms with van der Waals surface area (Å²) in [7, 11) is 0. The maximum Gasteiger partial charge on any atom is 0.0885 e. The van der Waals surface area contributed by atoms with Gasteiger partial charge in [0.25, 0.3) is 0 Å². The van der Waals surface area contributed by atoms with Crippen LogP contribution < -0.4 is 5.73 Å². The Labute approximate surface area is 126 Å². The molecule has 0 fully saturated rings. The summed E-state index contributed by atoms with van der Waals surface area (Å²) in [6.45, 7) is 2.66. The van der Waals surface area contributed by atoms with Gasteiger partial charge in [0.2, 0.25) is 0 Å². The summed E-state index contributed by atoms with van der Waals surface area (Å²) in [6.07, 6.45) is 0. The van der Waals surface area contributed by atoms with Crippen LogP contribution >= 0.6 is 0 Å². The first kappa shape index (κ1) is 15.7. The molecule has 2 aromatic carbocycles. The Morgan fingerprint density at radius 2 is 1.48 bits per heavy atom.